The van der Waals surface area contributed by atoms with Gasteiger partial charge in [0, 0.05) is 25.2 Å². The van der Waals surface area contributed by atoms with Crippen LogP contribution in [0.1, 0.15) is 53.9 Å². The minimum atomic E-state index is -4.17. The second kappa shape index (κ2) is 9.28. The summed E-state index contributed by atoms with van der Waals surface area (Å²) < 4.78 is 29.9. The van der Waals surface area contributed by atoms with Gasteiger partial charge < -0.3 is 10.2 Å². The first-order valence-electron chi connectivity index (χ1n) is 11.8. The fraction of sp³-hybridized carbons (Fsp3) is 0.308. The minimum absolute atomic E-state index is 0.0156. The second-order valence-electron chi connectivity index (χ2n) is 9.43. The molecule has 0 spiro atoms. The van der Waals surface area contributed by atoms with Crippen molar-refractivity contribution in [1.82, 2.24) is 9.88 Å². The lowest BCUT2D eigenvalue weighted by Crippen LogP contribution is -2.35. The van der Waals surface area contributed by atoms with E-state index < -0.39 is 10.0 Å². The molecule has 2 aliphatic rings. The van der Waals surface area contributed by atoms with E-state index in [-0.39, 0.29) is 34.0 Å². The van der Waals surface area contributed by atoms with Crippen molar-refractivity contribution in [2.75, 3.05) is 10.0 Å². The number of nitrogens with zero attached hydrogens (tertiary/aromatic N) is 3. The maximum absolute atomic E-state index is 13.7. The van der Waals surface area contributed by atoms with Crippen LogP contribution < -0.4 is 10.0 Å². The van der Waals surface area contributed by atoms with Gasteiger partial charge in [0.2, 0.25) is 5.91 Å². The average molecular weight is 536 g/mol. The van der Waals surface area contributed by atoms with E-state index in [1.165, 1.54) is 48.6 Å². The highest BCUT2D eigenvalue weighted by molar-refractivity contribution is 7.92. The molecule has 0 unspecified atom stereocenters. The predicted octanol–water partition coefficient (Wildman–Crippen LogP) is 4.50. The Morgan fingerprint density at radius 3 is 2.57 bits per heavy atom. The molecule has 1 atom stereocenters. The van der Waals surface area contributed by atoms with E-state index in [0.29, 0.717) is 44.9 Å². The average Bonchev–Trinajstić information content (AvgIpc) is 3.56. The van der Waals surface area contributed by atoms with Crippen LogP contribution in [0.3, 0.4) is 0 Å². The van der Waals surface area contributed by atoms with Crippen molar-refractivity contribution < 1.29 is 18.0 Å². The first-order chi connectivity index (χ1) is 17.6. The summed E-state index contributed by atoms with van der Waals surface area (Å²) in [6.45, 7) is 5.53. The Kier molecular flexibility index (Phi) is 6.25. The third kappa shape index (κ3) is 4.82. The van der Waals surface area contributed by atoms with E-state index >= 15 is 0 Å². The smallest absolute Gasteiger partial charge is 0.262 e. The molecule has 11 heteroatoms. The van der Waals surface area contributed by atoms with E-state index in [9.17, 15) is 18.0 Å². The van der Waals surface area contributed by atoms with Crippen LogP contribution in [-0.4, -0.2) is 36.2 Å². The molecule has 3 aromatic rings. The van der Waals surface area contributed by atoms with Gasteiger partial charge in [-0.1, -0.05) is 11.3 Å². The zero-order valence-corrected chi connectivity index (χ0v) is 22.2. The Hall–Kier alpha value is -3.75. The van der Waals surface area contributed by atoms with Gasteiger partial charge in [0.1, 0.15) is 4.90 Å². The molecule has 1 aromatic heterocycles. The van der Waals surface area contributed by atoms with Gasteiger partial charge in [-0.3, -0.25) is 14.3 Å². The lowest BCUT2D eigenvalue weighted by Gasteiger charge is -2.24. The number of hydrogen-bond donors (Lipinski definition) is 2. The molecule has 9 nitrogen and oxygen atoms in total. The van der Waals surface area contributed by atoms with Crippen LogP contribution in [0.15, 0.2) is 41.3 Å². The molecule has 5 rings (SSSR count). The number of hydrogen-bond acceptors (Lipinski definition) is 7. The fourth-order valence-electron chi connectivity index (χ4n) is 4.64. The first-order valence-corrected chi connectivity index (χ1v) is 14.1. The van der Waals surface area contributed by atoms with Crippen molar-refractivity contribution in [1.29, 1.82) is 5.26 Å². The third-order valence-corrected chi connectivity index (χ3v) is 9.22. The number of aromatic nitrogens is 1. The van der Waals surface area contributed by atoms with Crippen LogP contribution in [-0.2, 0) is 21.4 Å². The highest BCUT2D eigenvalue weighted by Crippen LogP contribution is 2.42. The number of aryl methyl sites for hydroxylation is 1. The highest BCUT2D eigenvalue weighted by Gasteiger charge is 2.41. The summed E-state index contributed by atoms with van der Waals surface area (Å²) >= 11 is 1.25. The summed E-state index contributed by atoms with van der Waals surface area (Å²) in [6, 6.07) is 11.4. The molecule has 1 fully saturated rings. The Morgan fingerprint density at radius 1 is 1.24 bits per heavy atom. The Bertz CT molecular complexity index is 1570. The SMILES string of the molecule is CC(=O)Nc1nc(C)c(-c2cc3c(c(S(=O)(=O)Nc4ccc(C#N)cc4)c2)C(=O)N([C@@H](C)C2CC2)C3)s1. The Labute approximate surface area is 219 Å². The number of carbonyl (C=O) groups excluding carboxylic acids is 2. The maximum Gasteiger partial charge on any atom is 0.262 e. The van der Waals surface area contributed by atoms with Crippen molar-refractivity contribution >= 4 is 44.0 Å². The van der Waals surface area contributed by atoms with Gasteiger partial charge in [0.25, 0.3) is 15.9 Å². The lowest BCUT2D eigenvalue weighted by molar-refractivity contribution is -0.114. The van der Waals surface area contributed by atoms with Crippen LogP contribution in [0.4, 0.5) is 10.8 Å². The van der Waals surface area contributed by atoms with Crippen molar-refractivity contribution in [2.24, 2.45) is 5.92 Å². The summed E-state index contributed by atoms with van der Waals surface area (Å²) in [7, 11) is -4.17. The standard InChI is InChI=1S/C26H25N5O4S2/c1-14-24(36-26(28-14)29-16(3)32)19-10-20-13-31(15(2)18-6-7-18)25(33)23(20)22(11-19)37(34,35)30-21-8-4-17(12-27)5-9-21/h4-5,8-11,15,18,30H,6-7,13H2,1-3H3,(H,28,29,32)/t15-/m0/s1. The molecular formula is C26H25N5O4S2. The van der Waals surface area contributed by atoms with Gasteiger partial charge in [-0.2, -0.15) is 5.26 Å². The van der Waals surface area contributed by atoms with Crippen LogP contribution >= 0.6 is 11.3 Å². The van der Waals surface area contributed by atoms with Crippen molar-refractivity contribution in [3.63, 3.8) is 0 Å². The number of amides is 2. The number of fused-ring (bicyclic) bond motifs is 1. The number of sulfonamides is 1. The number of nitriles is 1. The monoisotopic (exact) mass is 535 g/mol. The van der Waals surface area contributed by atoms with E-state index in [0.717, 1.165) is 12.8 Å². The summed E-state index contributed by atoms with van der Waals surface area (Å²) in [5.74, 6) is -0.112. The lowest BCUT2D eigenvalue weighted by atomic mass is 10.0. The van der Waals surface area contributed by atoms with Crippen LogP contribution in [0.2, 0.25) is 0 Å². The van der Waals surface area contributed by atoms with Gasteiger partial charge in [-0.25, -0.2) is 13.4 Å². The fourth-order valence-corrected chi connectivity index (χ4v) is 6.96. The van der Waals surface area contributed by atoms with Crippen molar-refractivity contribution in [3.8, 4) is 16.5 Å². The quantitative estimate of drug-likeness (QED) is 0.458. The van der Waals surface area contributed by atoms with Crippen molar-refractivity contribution in [2.45, 2.75) is 51.1 Å². The largest absolute Gasteiger partial charge is 0.331 e. The highest BCUT2D eigenvalue weighted by atomic mass is 32.2. The van der Waals surface area contributed by atoms with Crippen LogP contribution in [0, 0.1) is 24.2 Å². The Balaban J connectivity index is 1.61. The van der Waals surface area contributed by atoms with Gasteiger partial charge in [0.05, 0.1) is 27.8 Å². The van der Waals surface area contributed by atoms with Crippen molar-refractivity contribution in [3.05, 3.63) is 58.8 Å². The number of anilines is 2. The predicted molar refractivity (Wildman–Crippen MR) is 141 cm³/mol. The molecule has 0 saturated heterocycles. The number of rotatable bonds is 7. The molecule has 1 saturated carbocycles. The molecule has 1 aliphatic carbocycles. The van der Waals surface area contributed by atoms with E-state index in [2.05, 4.69) is 15.0 Å². The topological polar surface area (TPSA) is 132 Å². The molecule has 2 N–H and O–H groups in total. The summed E-state index contributed by atoms with van der Waals surface area (Å²) in [5, 5.41) is 12.1. The minimum Gasteiger partial charge on any atom is -0.331 e. The molecule has 2 aromatic carbocycles. The van der Waals surface area contributed by atoms with Gasteiger partial charge in [0.15, 0.2) is 5.13 Å². The Morgan fingerprint density at radius 2 is 1.95 bits per heavy atom. The maximum atomic E-state index is 13.7. The summed E-state index contributed by atoms with van der Waals surface area (Å²) in [6.07, 6.45) is 2.12. The molecular weight excluding hydrogens is 510 g/mol. The normalized spacial score (nSPS) is 15.7. The zero-order chi connectivity index (χ0) is 26.5. The zero-order valence-electron chi connectivity index (χ0n) is 20.5. The van der Waals surface area contributed by atoms with Crippen LogP contribution in [0.5, 0.6) is 0 Å². The van der Waals surface area contributed by atoms with E-state index in [1.54, 1.807) is 11.8 Å². The molecule has 0 radical (unpaired) electrons. The molecule has 0 bridgehead atoms. The number of carbonyl (C=O) groups is 2. The molecule has 1 aliphatic heterocycles. The van der Waals surface area contributed by atoms with Gasteiger partial charge in [-0.15, -0.1) is 0 Å². The molecule has 190 valence electrons. The summed E-state index contributed by atoms with van der Waals surface area (Å²) in [4.78, 5) is 31.9. The molecule has 37 heavy (non-hydrogen) atoms. The first kappa shape index (κ1) is 24.9. The van der Waals surface area contributed by atoms with Gasteiger partial charge in [-0.05, 0) is 80.1 Å². The van der Waals surface area contributed by atoms with Gasteiger partial charge >= 0.3 is 0 Å². The van der Waals surface area contributed by atoms with Crippen LogP contribution in [0.25, 0.3) is 10.4 Å². The summed E-state index contributed by atoms with van der Waals surface area (Å²) in [5.41, 5.74) is 2.77. The second-order valence-corrected chi connectivity index (χ2v) is 12.1. The number of nitrogens with one attached hydrogen (secondary N) is 2. The third-order valence-electron chi connectivity index (χ3n) is 6.69. The molecule has 2 heterocycles. The number of benzene rings is 2. The molecule has 2 amide bonds. The van der Waals surface area contributed by atoms with E-state index in [1.807, 2.05) is 19.1 Å². The number of thiazole rings is 1. The van der Waals surface area contributed by atoms with E-state index in [4.69, 9.17) is 5.26 Å².